The Kier molecular flexibility index (Phi) is 2.00. The Morgan fingerprint density at radius 1 is 1.28 bits per heavy atom. The molecule has 94 valence electrons. The van der Waals surface area contributed by atoms with Crippen molar-refractivity contribution in [1.29, 1.82) is 0 Å². The van der Waals surface area contributed by atoms with E-state index in [1.165, 1.54) is 22.0 Å². The molecular formula is C16H19NO. The molecule has 2 aliphatic rings. The van der Waals surface area contributed by atoms with Gasteiger partial charge in [-0.3, -0.25) is 0 Å². The van der Waals surface area contributed by atoms with Crippen LogP contribution in [0.4, 0.5) is 0 Å². The second-order valence-corrected chi connectivity index (χ2v) is 6.22. The Bertz CT molecular complexity index is 615. The van der Waals surface area contributed by atoms with Crippen LogP contribution in [0.15, 0.2) is 24.4 Å². The highest BCUT2D eigenvalue weighted by atomic mass is 16.3. The molecule has 0 aliphatic heterocycles. The summed E-state index contributed by atoms with van der Waals surface area (Å²) in [5, 5.41) is 11.7. The third-order valence-electron chi connectivity index (χ3n) is 5.46. The highest BCUT2D eigenvalue weighted by Crippen LogP contribution is 2.56. The molecule has 0 amide bonds. The predicted molar refractivity (Wildman–Crippen MR) is 72.7 cm³/mol. The van der Waals surface area contributed by atoms with Crippen molar-refractivity contribution in [3.8, 4) is 0 Å². The highest BCUT2D eigenvalue weighted by Gasteiger charge is 2.49. The summed E-state index contributed by atoms with van der Waals surface area (Å²) in [6.07, 6.45) is 6.25. The number of aliphatic hydroxyl groups is 1. The molecule has 1 aromatic heterocycles. The molecule has 2 nitrogen and oxygen atoms in total. The number of H-pyrrole nitrogens is 1. The molecule has 0 unspecified atom stereocenters. The Hall–Kier alpha value is -1.28. The maximum Gasteiger partial charge on any atom is 0.0600 e. The first kappa shape index (κ1) is 10.6. The first-order chi connectivity index (χ1) is 8.70. The lowest BCUT2D eigenvalue weighted by Gasteiger charge is -2.40. The van der Waals surface area contributed by atoms with E-state index in [9.17, 15) is 5.11 Å². The van der Waals surface area contributed by atoms with Gasteiger partial charge in [0, 0.05) is 22.5 Å². The molecule has 0 bridgehead atoms. The molecule has 2 aromatic rings. The molecule has 2 heteroatoms. The molecule has 2 N–H and O–H groups in total. The third kappa shape index (κ3) is 1.17. The van der Waals surface area contributed by atoms with Gasteiger partial charge in [-0.15, -0.1) is 0 Å². The van der Waals surface area contributed by atoms with Gasteiger partial charge in [-0.25, -0.2) is 0 Å². The average molecular weight is 241 g/mol. The van der Waals surface area contributed by atoms with E-state index in [4.69, 9.17) is 0 Å². The van der Waals surface area contributed by atoms with Gasteiger partial charge in [0.2, 0.25) is 0 Å². The number of rotatable bonds is 0. The van der Waals surface area contributed by atoms with Crippen LogP contribution in [-0.2, 0) is 6.42 Å². The molecule has 2 aliphatic carbocycles. The lowest BCUT2D eigenvalue weighted by atomic mass is 9.65. The summed E-state index contributed by atoms with van der Waals surface area (Å²) >= 11 is 0. The largest absolute Gasteiger partial charge is 0.393 e. The van der Waals surface area contributed by atoms with Crippen LogP contribution < -0.4 is 0 Å². The fourth-order valence-electron chi connectivity index (χ4n) is 4.28. The zero-order chi connectivity index (χ0) is 12.3. The Morgan fingerprint density at radius 2 is 2.17 bits per heavy atom. The number of nitrogens with one attached hydrogen (secondary N) is 1. The molecule has 4 rings (SSSR count). The van der Waals surface area contributed by atoms with Gasteiger partial charge in [0.1, 0.15) is 0 Å². The van der Waals surface area contributed by atoms with Gasteiger partial charge in [-0.05, 0) is 54.9 Å². The van der Waals surface area contributed by atoms with Crippen molar-refractivity contribution < 1.29 is 5.11 Å². The Balaban J connectivity index is 1.94. The summed E-state index contributed by atoms with van der Waals surface area (Å²) in [7, 11) is 0. The molecule has 3 atom stereocenters. The fraction of sp³-hybridized carbons (Fsp3) is 0.500. The topological polar surface area (TPSA) is 36.0 Å². The molecular weight excluding hydrogens is 222 g/mol. The van der Waals surface area contributed by atoms with Gasteiger partial charge in [0.25, 0.3) is 0 Å². The molecule has 0 saturated heterocycles. The van der Waals surface area contributed by atoms with Crippen LogP contribution in [0.1, 0.15) is 43.2 Å². The summed E-state index contributed by atoms with van der Waals surface area (Å²) in [4.78, 5) is 3.30. The number of hydrogen-bond acceptors (Lipinski definition) is 1. The van der Waals surface area contributed by atoms with Crippen LogP contribution in [0, 0.1) is 5.41 Å². The minimum Gasteiger partial charge on any atom is -0.393 e. The maximum atomic E-state index is 10.3. The van der Waals surface area contributed by atoms with Crippen LogP contribution >= 0.6 is 0 Å². The van der Waals surface area contributed by atoms with Crippen molar-refractivity contribution in [2.45, 2.75) is 44.6 Å². The first-order valence-electron chi connectivity index (χ1n) is 6.97. The van der Waals surface area contributed by atoms with Gasteiger partial charge in [0.15, 0.2) is 0 Å². The molecule has 0 spiro atoms. The Morgan fingerprint density at radius 3 is 3.06 bits per heavy atom. The molecule has 0 radical (unpaired) electrons. The van der Waals surface area contributed by atoms with Gasteiger partial charge in [-0.1, -0.05) is 13.0 Å². The van der Waals surface area contributed by atoms with Crippen molar-refractivity contribution in [2.24, 2.45) is 5.41 Å². The quantitative estimate of drug-likeness (QED) is 0.729. The number of aliphatic hydroxyl groups excluding tert-OH is 1. The summed E-state index contributed by atoms with van der Waals surface area (Å²) in [5.74, 6) is 0.551. The number of fused-ring (bicyclic) bond motifs is 5. The van der Waals surface area contributed by atoms with E-state index in [1.807, 2.05) is 6.20 Å². The standard InChI is InChI=1S/C16H19NO/c1-16-8-6-10-11(13(16)3-5-15(16)18)2-4-14-12(10)7-9-17-14/h2,4,7,9,13,15,17-18H,3,5-6,8H2,1H3/t13-,15+,16+/m1/s1. The van der Waals surface area contributed by atoms with E-state index in [2.05, 4.69) is 30.1 Å². The van der Waals surface area contributed by atoms with E-state index in [1.54, 1.807) is 0 Å². The van der Waals surface area contributed by atoms with Crippen molar-refractivity contribution in [1.82, 2.24) is 4.98 Å². The average Bonchev–Trinajstić information content (AvgIpc) is 2.94. The number of aryl methyl sites for hydroxylation is 1. The fourth-order valence-corrected chi connectivity index (χ4v) is 4.28. The minimum absolute atomic E-state index is 0.108. The second kappa shape index (κ2) is 3.39. The third-order valence-corrected chi connectivity index (χ3v) is 5.46. The molecule has 1 fully saturated rings. The summed E-state index contributed by atoms with van der Waals surface area (Å²) in [6, 6.07) is 6.68. The second-order valence-electron chi connectivity index (χ2n) is 6.22. The number of hydrogen-bond donors (Lipinski definition) is 2. The lowest BCUT2D eigenvalue weighted by Crippen LogP contribution is -2.35. The molecule has 18 heavy (non-hydrogen) atoms. The summed E-state index contributed by atoms with van der Waals surface area (Å²) < 4.78 is 0. The van der Waals surface area contributed by atoms with E-state index in [-0.39, 0.29) is 11.5 Å². The lowest BCUT2D eigenvalue weighted by molar-refractivity contribution is 0.0459. The van der Waals surface area contributed by atoms with Crippen molar-refractivity contribution in [3.63, 3.8) is 0 Å². The van der Waals surface area contributed by atoms with Crippen molar-refractivity contribution >= 4 is 10.9 Å². The number of aromatic amines is 1. The normalized spacial score (nSPS) is 34.6. The highest BCUT2D eigenvalue weighted by molar-refractivity contribution is 5.84. The van der Waals surface area contributed by atoms with Crippen LogP contribution in [-0.4, -0.2) is 16.2 Å². The zero-order valence-electron chi connectivity index (χ0n) is 10.7. The van der Waals surface area contributed by atoms with Crippen LogP contribution in [0.5, 0.6) is 0 Å². The van der Waals surface area contributed by atoms with Gasteiger partial charge in [-0.2, -0.15) is 0 Å². The number of benzene rings is 1. The maximum absolute atomic E-state index is 10.3. The summed E-state index contributed by atoms with van der Waals surface area (Å²) in [6.45, 7) is 2.28. The van der Waals surface area contributed by atoms with E-state index in [0.717, 1.165) is 25.7 Å². The van der Waals surface area contributed by atoms with Gasteiger partial charge in [0.05, 0.1) is 6.10 Å². The predicted octanol–water partition coefficient (Wildman–Crippen LogP) is 3.36. The van der Waals surface area contributed by atoms with Gasteiger partial charge < -0.3 is 10.1 Å². The van der Waals surface area contributed by atoms with E-state index >= 15 is 0 Å². The molecule has 1 aromatic carbocycles. The summed E-state index contributed by atoms with van der Waals surface area (Å²) in [5.41, 5.74) is 4.37. The van der Waals surface area contributed by atoms with Gasteiger partial charge >= 0.3 is 0 Å². The minimum atomic E-state index is -0.113. The Labute approximate surface area is 107 Å². The van der Waals surface area contributed by atoms with Crippen molar-refractivity contribution in [3.05, 3.63) is 35.5 Å². The van der Waals surface area contributed by atoms with E-state index in [0.29, 0.717) is 5.92 Å². The van der Waals surface area contributed by atoms with Crippen LogP contribution in [0.3, 0.4) is 0 Å². The van der Waals surface area contributed by atoms with Crippen molar-refractivity contribution in [2.75, 3.05) is 0 Å². The smallest absolute Gasteiger partial charge is 0.0600 e. The first-order valence-corrected chi connectivity index (χ1v) is 6.97. The SMILES string of the molecule is C[C@]12CCc3c(ccc4[nH]ccc34)[C@H]1CC[C@@H]2O. The van der Waals surface area contributed by atoms with Crippen LogP contribution in [0.25, 0.3) is 10.9 Å². The zero-order valence-corrected chi connectivity index (χ0v) is 10.7. The number of aromatic nitrogens is 1. The molecule has 1 heterocycles. The van der Waals surface area contributed by atoms with E-state index < -0.39 is 0 Å². The monoisotopic (exact) mass is 241 g/mol. The van der Waals surface area contributed by atoms with Crippen LogP contribution in [0.2, 0.25) is 0 Å². The molecule has 1 saturated carbocycles.